The molecule has 1 aliphatic rings. The quantitative estimate of drug-likeness (QED) is 0.432. The first kappa shape index (κ1) is 20.8. The van der Waals surface area contributed by atoms with Gasteiger partial charge < -0.3 is 10.1 Å². The van der Waals surface area contributed by atoms with Crippen molar-refractivity contribution in [1.82, 2.24) is 19.5 Å². The molecule has 2 aromatic carbocycles. The Kier molecular flexibility index (Phi) is 4.90. The third-order valence-electron chi connectivity index (χ3n) is 5.65. The molecule has 10 heteroatoms. The molecule has 0 saturated carbocycles. The summed E-state index contributed by atoms with van der Waals surface area (Å²) in [6, 6.07) is 13.5. The minimum Gasteiger partial charge on any atom is -0.493 e. The third kappa shape index (κ3) is 3.42. The summed E-state index contributed by atoms with van der Waals surface area (Å²) in [5.41, 5.74) is 0.408. The van der Waals surface area contributed by atoms with E-state index in [1.165, 1.54) is 18.0 Å². The molecule has 1 atom stereocenters. The van der Waals surface area contributed by atoms with Gasteiger partial charge in [-0.15, -0.1) is 0 Å². The van der Waals surface area contributed by atoms with Gasteiger partial charge in [0, 0.05) is 41.0 Å². The fourth-order valence-corrected chi connectivity index (χ4v) is 4.39. The number of hydrogen-bond donors (Lipinski definition) is 3. The minimum absolute atomic E-state index is 0.172. The number of fused-ring (bicyclic) bond motifs is 1. The number of rotatable bonds is 3. The molecule has 5 rings (SSSR count). The van der Waals surface area contributed by atoms with Crippen LogP contribution < -0.4 is 11.2 Å². The first-order chi connectivity index (χ1) is 15.8. The number of benzene rings is 2. The highest BCUT2D eigenvalue weighted by Crippen LogP contribution is 2.37. The van der Waals surface area contributed by atoms with Gasteiger partial charge in [0.25, 0.3) is 5.56 Å². The van der Waals surface area contributed by atoms with E-state index in [-0.39, 0.29) is 29.3 Å². The van der Waals surface area contributed by atoms with Gasteiger partial charge in [0.05, 0.1) is 17.4 Å². The Balaban J connectivity index is 1.65. The molecular weight excluding hydrogens is 446 g/mol. The van der Waals surface area contributed by atoms with Crippen molar-refractivity contribution in [3.05, 3.63) is 91.7 Å². The van der Waals surface area contributed by atoms with Crippen molar-refractivity contribution in [3.63, 3.8) is 0 Å². The number of carbonyl (C=O) groups is 1. The predicted molar refractivity (Wildman–Crippen MR) is 124 cm³/mol. The molecule has 1 amide bonds. The Labute approximate surface area is 191 Å². The number of hydrazone groups is 1. The van der Waals surface area contributed by atoms with E-state index in [4.69, 9.17) is 11.6 Å². The van der Waals surface area contributed by atoms with Crippen molar-refractivity contribution in [2.24, 2.45) is 5.10 Å². The fraction of sp³-hybridized carbons (Fsp3) is 0.130. The van der Waals surface area contributed by atoms with E-state index in [1.54, 1.807) is 24.4 Å². The van der Waals surface area contributed by atoms with Gasteiger partial charge in [-0.25, -0.2) is 14.4 Å². The van der Waals surface area contributed by atoms with Crippen LogP contribution in [0.3, 0.4) is 0 Å². The molecule has 33 heavy (non-hydrogen) atoms. The number of nitrogens with zero attached hydrogens (tertiary/aromatic N) is 3. The van der Waals surface area contributed by atoms with E-state index in [1.807, 2.05) is 24.3 Å². The van der Waals surface area contributed by atoms with Gasteiger partial charge in [0.15, 0.2) is 0 Å². The standard InChI is InChI=1S/C23H18ClN5O4/c1-12(30)29-19(16-11-25-17-8-3-2-7-15(16)17)10-18(27-29)20-21(31)26-23(33)28(22(20)32)14-6-4-5-13(24)9-14/h2-9,11,19,25,32H,10H2,1H3,(H,26,31,33). The van der Waals surface area contributed by atoms with Gasteiger partial charge in [-0.1, -0.05) is 35.9 Å². The summed E-state index contributed by atoms with van der Waals surface area (Å²) in [6.45, 7) is 1.38. The van der Waals surface area contributed by atoms with Gasteiger partial charge in [0.2, 0.25) is 11.8 Å². The van der Waals surface area contributed by atoms with E-state index in [0.29, 0.717) is 5.02 Å². The molecule has 0 radical (unpaired) electrons. The Morgan fingerprint density at radius 1 is 1.18 bits per heavy atom. The Morgan fingerprint density at radius 2 is 1.97 bits per heavy atom. The Morgan fingerprint density at radius 3 is 2.73 bits per heavy atom. The number of aromatic nitrogens is 3. The number of nitrogens with one attached hydrogen (secondary N) is 2. The van der Waals surface area contributed by atoms with Crippen LogP contribution in [0.2, 0.25) is 5.02 Å². The number of H-pyrrole nitrogens is 2. The monoisotopic (exact) mass is 463 g/mol. The number of para-hydroxylation sites is 1. The lowest BCUT2D eigenvalue weighted by atomic mass is 9.98. The molecule has 0 aliphatic carbocycles. The van der Waals surface area contributed by atoms with Crippen LogP contribution in [0.15, 0.2) is 69.4 Å². The van der Waals surface area contributed by atoms with Crippen LogP contribution in [0.1, 0.15) is 30.5 Å². The molecule has 0 bridgehead atoms. The van der Waals surface area contributed by atoms with Crippen molar-refractivity contribution < 1.29 is 9.90 Å². The molecule has 166 valence electrons. The second-order valence-corrected chi connectivity index (χ2v) is 8.13. The maximum absolute atomic E-state index is 12.7. The SMILES string of the molecule is CC(=O)N1N=C(c2c(O)n(-c3cccc(Cl)c3)c(=O)[nH]c2=O)CC1c1c[nH]c2ccccc12. The second-order valence-electron chi connectivity index (χ2n) is 7.69. The van der Waals surface area contributed by atoms with Crippen LogP contribution >= 0.6 is 11.6 Å². The largest absolute Gasteiger partial charge is 0.493 e. The molecule has 3 N–H and O–H groups in total. The molecule has 1 unspecified atom stereocenters. The van der Waals surface area contributed by atoms with Gasteiger partial charge in [-0.3, -0.25) is 14.6 Å². The molecule has 2 aromatic heterocycles. The summed E-state index contributed by atoms with van der Waals surface area (Å²) in [7, 11) is 0. The van der Waals surface area contributed by atoms with Crippen LogP contribution in [0.4, 0.5) is 0 Å². The Bertz CT molecular complexity index is 1570. The van der Waals surface area contributed by atoms with Gasteiger partial charge in [-0.2, -0.15) is 5.10 Å². The third-order valence-corrected chi connectivity index (χ3v) is 5.89. The van der Waals surface area contributed by atoms with Crippen LogP contribution in [-0.4, -0.2) is 36.3 Å². The van der Waals surface area contributed by atoms with Gasteiger partial charge in [-0.05, 0) is 24.3 Å². The van der Waals surface area contributed by atoms with E-state index in [9.17, 15) is 19.5 Å². The summed E-state index contributed by atoms with van der Waals surface area (Å²) < 4.78 is 0.947. The smallest absolute Gasteiger partial charge is 0.335 e. The first-order valence-corrected chi connectivity index (χ1v) is 10.5. The predicted octanol–water partition coefficient (Wildman–Crippen LogP) is 3.06. The number of aromatic hydroxyl groups is 1. The number of aromatic amines is 2. The van der Waals surface area contributed by atoms with Crippen molar-refractivity contribution in [2.75, 3.05) is 0 Å². The van der Waals surface area contributed by atoms with E-state index >= 15 is 0 Å². The highest BCUT2D eigenvalue weighted by atomic mass is 35.5. The molecule has 9 nitrogen and oxygen atoms in total. The molecule has 0 spiro atoms. The van der Waals surface area contributed by atoms with E-state index < -0.39 is 23.2 Å². The van der Waals surface area contributed by atoms with Crippen LogP contribution in [-0.2, 0) is 4.79 Å². The van der Waals surface area contributed by atoms with Crippen molar-refractivity contribution >= 4 is 34.1 Å². The summed E-state index contributed by atoms with van der Waals surface area (Å²) in [4.78, 5) is 43.1. The molecule has 4 aromatic rings. The number of halogens is 1. The lowest BCUT2D eigenvalue weighted by molar-refractivity contribution is -0.130. The average Bonchev–Trinajstić information content (AvgIpc) is 3.38. The lowest BCUT2D eigenvalue weighted by Crippen LogP contribution is -2.33. The molecule has 0 saturated heterocycles. The van der Waals surface area contributed by atoms with Crippen LogP contribution in [0.5, 0.6) is 5.88 Å². The van der Waals surface area contributed by atoms with E-state index in [0.717, 1.165) is 21.0 Å². The van der Waals surface area contributed by atoms with Crippen molar-refractivity contribution in [3.8, 4) is 11.6 Å². The lowest BCUT2D eigenvalue weighted by Gasteiger charge is -2.19. The highest BCUT2D eigenvalue weighted by molar-refractivity contribution is 6.30. The fourth-order valence-electron chi connectivity index (χ4n) is 4.20. The topological polar surface area (TPSA) is 124 Å². The highest BCUT2D eigenvalue weighted by Gasteiger charge is 2.35. The maximum Gasteiger partial charge on any atom is 0.335 e. The van der Waals surface area contributed by atoms with Gasteiger partial charge >= 0.3 is 5.69 Å². The second kappa shape index (κ2) is 7.79. The maximum atomic E-state index is 12.7. The zero-order chi connectivity index (χ0) is 23.3. The van der Waals surface area contributed by atoms with Crippen LogP contribution in [0.25, 0.3) is 16.6 Å². The van der Waals surface area contributed by atoms with E-state index in [2.05, 4.69) is 15.1 Å². The zero-order valence-corrected chi connectivity index (χ0v) is 18.1. The minimum atomic E-state index is -0.821. The number of hydrogen-bond acceptors (Lipinski definition) is 5. The van der Waals surface area contributed by atoms with Gasteiger partial charge in [0.1, 0.15) is 5.56 Å². The summed E-state index contributed by atoms with van der Waals surface area (Å²) in [5.74, 6) is -0.896. The average molecular weight is 464 g/mol. The Hall–Kier alpha value is -4.11. The summed E-state index contributed by atoms with van der Waals surface area (Å²) >= 11 is 6.04. The first-order valence-electron chi connectivity index (χ1n) is 10.1. The normalized spacial score (nSPS) is 15.8. The number of amides is 1. The summed E-state index contributed by atoms with van der Waals surface area (Å²) in [6.07, 6.45) is 1.98. The van der Waals surface area contributed by atoms with Crippen LogP contribution in [0, 0.1) is 0 Å². The summed E-state index contributed by atoms with van der Waals surface area (Å²) in [5, 5.41) is 17.9. The molecule has 1 aliphatic heterocycles. The molecule has 3 heterocycles. The molecule has 0 fully saturated rings. The number of carbonyl (C=O) groups excluding carboxylic acids is 1. The van der Waals surface area contributed by atoms with Crippen molar-refractivity contribution in [2.45, 2.75) is 19.4 Å². The zero-order valence-electron chi connectivity index (χ0n) is 17.4. The molecular formula is C23H18ClN5O4. The van der Waals surface area contributed by atoms with Crippen molar-refractivity contribution in [1.29, 1.82) is 0 Å².